The largest absolute Gasteiger partial charge is 2.00 e. The van der Waals surface area contributed by atoms with E-state index in [-0.39, 0.29) is 35.5 Å². The van der Waals surface area contributed by atoms with Gasteiger partial charge in [-0.15, -0.1) is 6.42 Å². The van der Waals surface area contributed by atoms with Crippen LogP contribution in [0.2, 0.25) is 0 Å². The van der Waals surface area contributed by atoms with E-state index in [9.17, 15) is 0 Å². The minimum atomic E-state index is 0. The zero-order valence-corrected chi connectivity index (χ0v) is 10.8. The van der Waals surface area contributed by atoms with Gasteiger partial charge in [-0.3, -0.25) is 0 Å². The van der Waals surface area contributed by atoms with Crippen molar-refractivity contribution < 1.29 is 12.4 Å². The molecular weight excluding hydrogens is 180 g/mol. The molecule has 0 aromatic carbocycles. The van der Waals surface area contributed by atoms with Crippen molar-refractivity contribution in [3.63, 3.8) is 0 Å². The summed E-state index contributed by atoms with van der Waals surface area (Å²) in [6, 6.07) is 0. The second kappa shape index (κ2) is 18.0. The predicted octanol–water partition coefficient (Wildman–Crippen LogP) is 0.584. The molecule has 1 fully saturated rings. The van der Waals surface area contributed by atoms with Gasteiger partial charge in [0, 0.05) is 0 Å². The Morgan fingerprint density at radius 2 is 1.25 bits per heavy atom. The summed E-state index contributed by atoms with van der Waals surface area (Å²) in [5.41, 5.74) is 0. The number of halogens is 1. The molecule has 0 aromatic rings. The monoisotopic (exact) mass is 200 g/mol. The molecule has 0 heterocycles. The van der Waals surface area contributed by atoms with Gasteiger partial charge in [0.05, 0.1) is 0 Å². The molecule has 0 aromatic heterocycles. The van der Waals surface area contributed by atoms with Crippen molar-refractivity contribution in [1.29, 1.82) is 0 Å². The molecule has 1 rings (SSSR count). The summed E-state index contributed by atoms with van der Waals surface area (Å²) < 4.78 is 0. The van der Waals surface area contributed by atoms with Crippen molar-refractivity contribution in [2.24, 2.45) is 0 Å². The third-order valence-electron chi connectivity index (χ3n) is 1.77. The van der Waals surface area contributed by atoms with Crippen molar-refractivity contribution in [3.8, 4) is 0 Å². The number of hydrogen-bond donors (Lipinski definition) is 0. The first kappa shape index (κ1) is 18.8. The molecular formula is C10H21ClMg. The van der Waals surface area contributed by atoms with Crippen LogP contribution >= 0.6 is 0 Å². The fourth-order valence-corrected chi connectivity index (χ4v) is 0.704. The molecule has 0 atom stereocenters. The molecule has 70 valence electrons. The zero-order chi connectivity index (χ0) is 7.66. The third kappa shape index (κ3) is 17.2. The zero-order valence-electron chi connectivity index (χ0n) is 8.61. The van der Waals surface area contributed by atoms with Crippen LogP contribution in [0.1, 0.15) is 58.8 Å². The van der Waals surface area contributed by atoms with E-state index < -0.39 is 0 Å². The molecule has 1 aliphatic rings. The Morgan fingerprint density at radius 3 is 1.33 bits per heavy atom. The molecule has 1 saturated carbocycles. The van der Waals surface area contributed by atoms with E-state index in [1.165, 1.54) is 44.9 Å². The van der Waals surface area contributed by atoms with Gasteiger partial charge in [0.2, 0.25) is 0 Å². The van der Waals surface area contributed by atoms with E-state index in [0.29, 0.717) is 0 Å². The average molecular weight is 201 g/mol. The van der Waals surface area contributed by atoms with E-state index in [4.69, 9.17) is 0 Å². The van der Waals surface area contributed by atoms with Crippen molar-refractivity contribution in [2.75, 3.05) is 0 Å². The first-order chi connectivity index (χ1) is 4.91. The second-order valence-electron chi connectivity index (χ2n) is 2.93. The van der Waals surface area contributed by atoms with Crippen LogP contribution in [0.15, 0.2) is 0 Å². The summed E-state index contributed by atoms with van der Waals surface area (Å²) in [6.45, 7) is 4.46. The average Bonchev–Trinajstić information content (AvgIpc) is 1.79. The Morgan fingerprint density at radius 1 is 1.00 bits per heavy atom. The summed E-state index contributed by atoms with van der Waals surface area (Å²) in [5, 5.41) is 0. The molecule has 0 nitrogen and oxygen atoms in total. The van der Waals surface area contributed by atoms with Crippen LogP contribution in [0.25, 0.3) is 0 Å². The minimum absolute atomic E-state index is 0. The van der Waals surface area contributed by atoms with Crippen molar-refractivity contribution in [1.82, 2.24) is 0 Å². The molecule has 0 saturated heterocycles. The molecule has 12 heavy (non-hydrogen) atoms. The van der Waals surface area contributed by atoms with Gasteiger partial charge in [-0.05, 0) is 0 Å². The molecule has 0 amide bonds. The van der Waals surface area contributed by atoms with Crippen LogP contribution in [0.3, 0.4) is 0 Å². The number of hydrogen-bond acceptors (Lipinski definition) is 0. The molecule has 0 radical (unpaired) electrons. The number of unbranched alkanes of at least 4 members (excludes halogenated alkanes) is 3. The quantitative estimate of drug-likeness (QED) is 0.356. The van der Waals surface area contributed by atoms with Crippen LogP contribution in [0, 0.1) is 6.42 Å². The van der Waals surface area contributed by atoms with Gasteiger partial charge in [0.15, 0.2) is 0 Å². The van der Waals surface area contributed by atoms with Crippen LogP contribution in [0.4, 0.5) is 0 Å². The van der Waals surface area contributed by atoms with E-state index in [1.807, 2.05) is 0 Å². The fraction of sp³-hybridized carbons (Fsp3) is 0.900. The topological polar surface area (TPSA) is 0 Å². The van der Waals surface area contributed by atoms with E-state index >= 15 is 0 Å². The summed E-state index contributed by atoms with van der Waals surface area (Å²) >= 11 is 0. The first-order valence-electron chi connectivity index (χ1n) is 4.73. The predicted molar refractivity (Wildman–Crippen MR) is 53.7 cm³/mol. The fourth-order valence-electron chi connectivity index (χ4n) is 0.704. The minimum Gasteiger partial charge on any atom is -1.00 e. The van der Waals surface area contributed by atoms with Crippen LogP contribution in [-0.2, 0) is 0 Å². The summed E-state index contributed by atoms with van der Waals surface area (Å²) in [5.74, 6) is 0. The van der Waals surface area contributed by atoms with Gasteiger partial charge in [-0.25, -0.2) is 0 Å². The van der Waals surface area contributed by atoms with Crippen molar-refractivity contribution in [2.45, 2.75) is 58.8 Å². The SMILES string of the molecule is CCCCCC.[CH-]1CCC1.[Cl-].[Mg+2]. The van der Waals surface area contributed by atoms with E-state index in [2.05, 4.69) is 20.3 Å². The molecule has 0 spiro atoms. The Bertz CT molecular complexity index is 45.8. The molecule has 1 aliphatic carbocycles. The molecule has 0 unspecified atom stereocenters. The van der Waals surface area contributed by atoms with E-state index in [0.717, 1.165) is 0 Å². The second-order valence-corrected chi connectivity index (χ2v) is 2.93. The molecule has 0 N–H and O–H groups in total. The Balaban J connectivity index is -0.000000120. The maximum Gasteiger partial charge on any atom is 2.00 e. The van der Waals surface area contributed by atoms with Gasteiger partial charge < -0.3 is 18.8 Å². The number of rotatable bonds is 3. The maximum atomic E-state index is 2.31. The Labute approximate surface area is 100 Å². The molecule has 2 heteroatoms. The third-order valence-corrected chi connectivity index (χ3v) is 1.77. The first-order valence-corrected chi connectivity index (χ1v) is 4.73. The van der Waals surface area contributed by atoms with Gasteiger partial charge in [0.25, 0.3) is 0 Å². The van der Waals surface area contributed by atoms with Crippen LogP contribution in [0.5, 0.6) is 0 Å². The van der Waals surface area contributed by atoms with Crippen LogP contribution in [-0.4, -0.2) is 23.1 Å². The van der Waals surface area contributed by atoms with Gasteiger partial charge >= 0.3 is 23.1 Å². The maximum absolute atomic E-state index is 2.31. The van der Waals surface area contributed by atoms with E-state index in [1.54, 1.807) is 0 Å². The van der Waals surface area contributed by atoms with Crippen molar-refractivity contribution >= 4 is 23.1 Å². The van der Waals surface area contributed by atoms with Gasteiger partial charge in [-0.2, -0.15) is 12.8 Å². The smallest absolute Gasteiger partial charge is 1.00 e. The normalized spacial score (nSPS) is 12.5. The van der Waals surface area contributed by atoms with Gasteiger partial charge in [0.1, 0.15) is 0 Å². The summed E-state index contributed by atoms with van der Waals surface area (Å²) in [7, 11) is 0. The molecule has 0 bridgehead atoms. The van der Waals surface area contributed by atoms with Crippen molar-refractivity contribution in [3.05, 3.63) is 6.42 Å². The summed E-state index contributed by atoms with van der Waals surface area (Å²) in [4.78, 5) is 0. The van der Waals surface area contributed by atoms with Gasteiger partial charge in [-0.1, -0.05) is 39.5 Å². The summed E-state index contributed by atoms with van der Waals surface area (Å²) in [6.07, 6.45) is 12.0. The Hall–Kier alpha value is 1.06. The molecule has 0 aliphatic heterocycles. The standard InChI is InChI=1S/C6H14.C4H7.ClH.Mg/c1-3-5-6-4-2;1-2-4-3-1;;/h3-6H2,1-2H3;1H,2-4H2;1H;/q;-1;;+2/p-1. The van der Waals surface area contributed by atoms with Crippen LogP contribution < -0.4 is 12.4 Å². The Kier molecular flexibility index (Phi) is 28.1.